The van der Waals surface area contributed by atoms with Gasteiger partial charge in [-0.15, -0.1) is 10.2 Å². The summed E-state index contributed by atoms with van der Waals surface area (Å²) in [5, 5.41) is 10.7. The maximum absolute atomic E-state index is 12.3. The van der Waals surface area contributed by atoms with Gasteiger partial charge in [-0.25, -0.2) is 4.79 Å². The van der Waals surface area contributed by atoms with E-state index in [4.69, 9.17) is 4.42 Å². The van der Waals surface area contributed by atoms with Gasteiger partial charge in [0, 0.05) is 13.1 Å². The minimum Gasteiger partial charge on any atom is -0.467 e. The standard InChI is InChI=1S/C13H15N5O3S/c1-9(11(19)18-5-4-14-12(18)20)22-13-16-15-8-17(13)7-10-3-2-6-21-10/h2-3,6,8-9H,4-5,7H2,1H3,(H,14,20). The first-order valence-electron chi connectivity index (χ1n) is 6.81. The molecule has 2 aromatic heterocycles. The predicted molar refractivity (Wildman–Crippen MR) is 78.3 cm³/mol. The highest BCUT2D eigenvalue weighted by atomic mass is 32.2. The first kappa shape index (κ1) is 14.6. The minimum absolute atomic E-state index is 0.229. The first-order valence-corrected chi connectivity index (χ1v) is 7.69. The average Bonchev–Trinajstić information content (AvgIpc) is 3.22. The van der Waals surface area contributed by atoms with Crippen molar-refractivity contribution in [2.75, 3.05) is 13.1 Å². The first-order chi connectivity index (χ1) is 10.6. The highest BCUT2D eigenvalue weighted by Gasteiger charge is 2.30. The number of rotatable bonds is 5. The van der Waals surface area contributed by atoms with E-state index in [1.165, 1.54) is 16.7 Å². The number of carbonyl (C=O) groups is 2. The molecule has 1 N–H and O–H groups in total. The number of nitrogens with zero attached hydrogens (tertiary/aromatic N) is 4. The second kappa shape index (κ2) is 6.22. The van der Waals surface area contributed by atoms with Crippen LogP contribution in [0, 0.1) is 0 Å². The minimum atomic E-state index is -0.427. The second-order valence-electron chi connectivity index (χ2n) is 4.80. The molecule has 1 aliphatic rings. The van der Waals surface area contributed by atoms with Crippen molar-refractivity contribution < 1.29 is 14.0 Å². The normalized spacial score (nSPS) is 15.9. The molecule has 2 aromatic rings. The maximum Gasteiger partial charge on any atom is 0.324 e. The van der Waals surface area contributed by atoms with E-state index in [0.29, 0.717) is 24.8 Å². The van der Waals surface area contributed by atoms with Gasteiger partial charge in [0.15, 0.2) is 5.16 Å². The molecule has 3 heterocycles. The van der Waals surface area contributed by atoms with Gasteiger partial charge in [-0.1, -0.05) is 11.8 Å². The highest BCUT2D eigenvalue weighted by molar-refractivity contribution is 8.00. The fourth-order valence-corrected chi connectivity index (χ4v) is 3.01. The smallest absolute Gasteiger partial charge is 0.324 e. The molecule has 1 unspecified atom stereocenters. The fourth-order valence-electron chi connectivity index (χ4n) is 2.12. The van der Waals surface area contributed by atoms with Gasteiger partial charge in [0.25, 0.3) is 0 Å². The summed E-state index contributed by atoms with van der Waals surface area (Å²) in [5.74, 6) is 0.548. The van der Waals surface area contributed by atoms with Crippen molar-refractivity contribution in [2.45, 2.75) is 23.9 Å². The summed E-state index contributed by atoms with van der Waals surface area (Å²) in [6.45, 7) is 3.15. The van der Waals surface area contributed by atoms with Crippen LogP contribution in [0.15, 0.2) is 34.3 Å². The molecule has 0 aliphatic carbocycles. The monoisotopic (exact) mass is 321 g/mol. The topological polar surface area (TPSA) is 93.3 Å². The molecule has 1 atom stereocenters. The number of imide groups is 1. The van der Waals surface area contributed by atoms with E-state index in [2.05, 4.69) is 15.5 Å². The predicted octanol–water partition coefficient (Wildman–Crippen LogP) is 0.952. The Morgan fingerprint density at radius 2 is 2.45 bits per heavy atom. The molecule has 8 nitrogen and oxygen atoms in total. The third-order valence-electron chi connectivity index (χ3n) is 3.24. The number of furan rings is 1. The number of aromatic nitrogens is 3. The van der Waals surface area contributed by atoms with Gasteiger partial charge in [-0.05, 0) is 19.1 Å². The Labute approximate surface area is 130 Å². The molecule has 3 rings (SSSR count). The lowest BCUT2D eigenvalue weighted by Crippen LogP contribution is -2.39. The van der Waals surface area contributed by atoms with Gasteiger partial charge >= 0.3 is 6.03 Å². The van der Waals surface area contributed by atoms with Gasteiger partial charge < -0.3 is 14.3 Å². The molecule has 0 radical (unpaired) electrons. The number of nitrogens with one attached hydrogen (secondary N) is 1. The van der Waals surface area contributed by atoms with Crippen LogP contribution >= 0.6 is 11.8 Å². The lowest BCUT2D eigenvalue weighted by atomic mass is 10.4. The third-order valence-corrected chi connectivity index (χ3v) is 4.32. The number of thioether (sulfide) groups is 1. The molecule has 9 heteroatoms. The van der Waals surface area contributed by atoms with Crippen molar-refractivity contribution in [1.29, 1.82) is 0 Å². The number of carbonyl (C=O) groups excluding carboxylic acids is 2. The van der Waals surface area contributed by atoms with Gasteiger partial charge in [0.1, 0.15) is 12.1 Å². The van der Waals surface area contributed by atoms with E-state index in [-0.39, 0.29) is 11.9 Å². The van der Waals surface area contributed by atoms with Crippen LogP contribution in [-0.2, 0) is 11.3 Å². The molecule has 1 fully saturated rings. The van der Waals surface area contributed by atoms with E-state index in [1.807, 2.05) is 12.1 Å². The zero-order valence-corrected chi connectivity index (χ0v) is 12.7. The van der Waals surface area contributed by atoms with Crippen LogP contribution in [0.1, 0.15) is 12.7 Å². The van der Waals surface area contributed by atoms with E-state index >= 15 is 0 Å². The Morgan fingerprint density at radius 1 is 1.59 bits per heavy atom. The summed E-state index contributed by atoms with van der Waals surface area (Å²) < 4.78 is 7.10. The summed E-state index contributed by atoms with van der Waals surface area (Å²) in [6, 6.07) is 3.33. The second-order valence-corrected chi connectivity index (χ2v) is 6.11. The van der Waals surface area contributed by atoms with Crippen LogP contribution in [0.25, 0.3) is 0 Å². The summed E-state index contributed by atoms with van der Waals surface area (Å²) >= 11 is 1.27. The Kier molecular flexibility index (Phi) is 4.14. The van der Waals surface area contributed by atoms with Crippen molar-refractivity contribution in [3.8, 4) is 0 Å². The molecule has 0 saturated carbocycles. The molecule has 116 valence electrons. The van der Waals surface area contributed by atoms with Crippen molar-refractivity contribution in [2.24, 2.45) is 0 Å². The SMILES string of the molecule is CC(Sc1nncn1Cc1ccco1)C(=O)N1CCNC1=O. The van der Waals surface area contributed by atoms with Crippen LogP contribution in [-0.4, -0.2) is 49.9 Å². The Bertz CT molecular complexity index is 669. The van der Waals surface area contributed by atoms with Crippen molar-refractivity contribution >= 4 is 23.7 Å². The van der Waals surface area contributed by atoms with Crippen LogP contribution < -0.4 is 5.32 Å². The molecular weight excluding hydrogens is 306 g/mol. The molecular formula is C13H15N5O3S. The van der Waals surface area contributed by atoms with Crippen molar-refractivity contribution in [3.05, 3.63) is 30.5 Å². The zero-order valence-electron chi connectivity index (χ0n) is 11.9. The van der Waals surface area contributed by atoms with E-state index in [9.17, 15) is 9.59 Å². The van der Waals surface area contributed by atoms with Crippen LogP contribution in [0.2, 0.25) is 0 Å². The van der Waals surface area contributed by atoms with Crippen molar-refractivity contribution in [1.82, 2.24) is 25.0 Å². The summed E-state index contributed by atoms with van der Waals surface area (Å²) in [6.07, 6.45) is 3.19. The van der Waals surface area contributed by atoms with Gasteiger partial charge in [0.2, 0.25) is 5.91 Å². The maximum atomic E-state index is 12.3. The van der Waals surface area contributed by atoms with Crippen molar-refractivity contribution in [3.63, 3.8) is 0 Å². The fraction of sp³-hybridized carbons (Fsp3) is 0.385. The molecule has 1 saturated heterocycles. The summed E-state index contributed by atoms with van der Waals surface area (Å²) in [7, 11) is 0. The zero-order chi connectivity index (χ0) is 15.5. The Balaban J connectivity index is 1.66. The molecule has 1 aliphatic heterocycles. The Hall–Kier alpha value is -2.29. The number of hydrogen-bond acceptors (Lipinski definition) is 6. The van der Waals surface area contributed by atoms with Gasteiger partial charge in [0.05, 0.1) is 18.1 Å². The lowest BCUT2D eigenvalue weighted by molar-refractivity contribution is -0.126. The quantitative estimate of drug-likeness (QED) is 0.824. The van der Waals surface area contributed by atoms with E-state index in [1.54, 1.807) is 24.1 Å². The van der Waals surface area contributed by atoms with Gasteiger partial charge in [-0.3, -0.25) is 9.69 Å². The lowest BCUT2D eigenvalue weighted by Gasteiger charge is -2.17. The largest absolute Gasteiger partial charge is 0.467 e. The molecule has 0 spiro atoms. The number of hydrogen-bond donors (Lipinski definition) is 1. The molecule has 0 bridgehead atoms. The van der Waals surface area contributed by atoms with Crippen LogP contribution in [0.3, 0.4) is 0 Å². The van der Waals surface area contributed by atoms with Gasteiger partial charge in [-0.2, -0.15) is 0 Å². The number of amides is 3. The van der Waals surface area contributed by atoms with E-state index in [0.717, 1.165) is 5.76 Å². The molecule has 0 aromatic carbocycles. The summed E-state index contributed by atoms with van der Waals surface area (Å²) in [4.78, 5) is 25.0. The van der Waals surface area contributed by atoms with Crippen LogP contribution in [0.5, 0.6) is 0 Å². The Morgan fingerprint density at radius 3 is 3.14 bits per heavy atom. The highest BCUT2D eigenvalue weighted by Crippen LogP contribution is 2.23. The average molecular weight is 321 g/mol. The summed E-state index contributed by atoms with van der Waals surface area (Å²) in [5.41, 5.74) is 0. The molecule has 3 amide bonds. The van der Waals surface area contributed by atoms with E-state index < -0.39 is 5.25 Å². The van der Waals surface area contributed by atoms with Crippen LogP contribution in [0.4, 0.5) is 4.79 Å². The number of urea groups is 1. The third kappa shape index (κ3) is 2.98. The molecule has 22 heavy (non-hydrogen) atoms.